The molecule has 0 radical (unpaired) electrons. The van der Waals surface area contributed by atoms with Crippen molar-refractivity contribution in [3.63, 3.8) is 0 Å². The molecule has 6 heteroatoms. The van der Waals surface area contributed by atoms with Crippen molar-refractivity contribution in [3.05, 3.63) is 34.9 Å². The van der Waals surface area contributed by atoms with Crippen LogP contribution in [-0.2, 0) is 9.63 Å². The molecule has 1 heterocycles. The molecular weight excluding hydrogens is 290 g/mol. The Morgan fingerprint density at radius 2 is 1.95 bits per heavy atom. The maximum Gasteiger partial charge on any atom is 0.227 e. The summed E-state index contributed by atoms with van der Waals surface area (Å²) < 4.78 is 0. The van der Waals surface area contributed by atoms with Gasteiger partial charge in [0.25, 0.3) is 0 Å². The minimum absolute atomic E-state index is 0.0518. The Hall–Kier alpha value is -1.14. The van der Waals surface area contributed by atoms with Crippen molar-refractivity contribution in [1.29, 1.82) is 0 Å². The van der Waals surface area contributed by atoms with Gasteiger partial charge in [0.2, 0.25) is 5.91 Å². The third-order valence-electron chi connectivity index (χ3n) is 4.74. The SMILES string of the molecule is CN1OC(C2(C(N)=O)CCC2)N(C)C1c1ccc(Cl)cc1. The molecular formula is C15H20ClN3O2. The van der Waals surface area contributed by atoms with E-state index < -0.39 is 5.41 Å². The summed E-state index contributed by atoms with van der Waals surface area (Å²) >= 11 is 5.95. The summed E-state index contributed by atoms with van der Waals surface area (Å²) in [5, 5.41) is 2.49. The Morgan fingerprint density at radius 3 is 2.43 bits per heavy atom. The van der Waals surface area contributed by atoms with Gasteiger partial charge in [-0.1, -0.05) is 30.2 Å². The lowest BCUT2D eigenvalue weighted by Gasteiger charge is -2.44. The monoisotopic (exact) mass is 309 g/mol. The zero-order valence-electron chi connectivity index (χ0n) is 12.3. The normalized spacial score (nSPS) is 29.3. The summed E-state index contributed by atoms with van der Waals surface area (Å²) in [5.41, 5.74) is 6.15. The first kappa shape index (κ1) is 14.8. The van der Waals surface area contributed by atoms with Crippen LogP contribution in [0.25, 0.3) is 0 Å². The minimum atomic E-state index is -0.565. The molecule has 2 N–H and O–H groups in total. The van der Waals surface area contributed by atoms with Crippen molar-refractivity contribution in [3.8, 4) is 0 Å². The topological polar surface area (TPSA) is 58.8 Å². The van der Waals surface area contributed by atoms with Crippen LogP contribution >= 0.6 is 11.6 Å². The standard InChI is InChI=1S/C15H20ClN3O2/c1-18-12(10-4-6-11(16)7-5-10)19(2)21-14(18)15(13(17)20)8-3-9-15/h4-7,12,14H,3,8-9H2,1-2H3,(H2,17,20). The van der Waals surface area contributed by atoms with Crippen LogP contribution in [0.3, 0.4) is 0 Å². The van der Waals surface area contributed by atoms with Crippen LogP contribution in [0.1, 0.15) is 31.0 Å². The molecule has 21 heavy (non-hydrogen) atoms. The van der Waals surface area contributed by atoms with Crippen LogP contribution in [0.4, 0.5) is 0 Å². The molecule has 1 amide bonds. The molecule has 1 aliphatic carbocycles. The fourth-order valence-corrected chi connectivity index (χ4v) is 3.54. The number of carbonyl (C=O) groups excluding carboxylic acids is 1. The molecule has 1 saturated carbocycles. The van der Waals surface area contributed by atoms with Crippen molar-refractivity contribution in [2.45, 2.75) is 31.7 Å². The summed E-state index contributed by atoms with van der Waals surface area (Å²) in [5.74, 6) is -0.268. The highest BCUT2D eigenvalue weighted by Gasteiger charge is 2.56. The lowest BCUT2D eigenvalue weighted by Crippen LogP contribution is -2.55. The number of hydrogen-bond acceptors (Lipinski definition) is 4. The number of hydrogen-bond donors (Lipinski definition) is 1. The average Bonchev–Trinajstić information content (AvgIpc) is 2.65. The zero-order valence-corrected chi connectivity index (χ0v) is 13.0. The zero-order chi connectivity index (χ0) is 15.2. The van der Waals surface area contributed by atoms with E-state index in [4.69, 9.17) is 22.2 Å². The summed E-state index contributed by atoms with van der Waals surface area (Å²) in [7, 11) is 3.85. The molecule has 0 bridgehead atoms. The highest BCUT2D eigenvalue weighted by Crippen LogP contribution is 2.50. The van der Waals surface area contributed by atoms with Crippen molar-refractivity contribution in [1.82, 2.24) is 9.96 Å². The maximum atomic E-state index is 11.9. The van der Waals surface area contributed by atoms with Crippen LogP contribution < -0.4 is 5.73 Å². The first-order chi connectivity index (χ1) is 9.95. The number of primary amides is 1. The van der Waals surface area contributed by atoms with Crippen LogP contribution in [0.15, 0.2) is 24.3 Å². The Balaban J connectivity index is 1.88. The van der Waals surface area contributed by atoms with Gasteiger partial charge in [-0.2, -0.15) is 5.06 Å². The Labute approximate surface area is 129 Å². The third-order valence-corrected chi connectivity index (χ3v) is 5.00. The predicted molar refractivity (Wildman–Crippen MR) is 80.1 cm³/mol. The van der Waals surface area contributed by atoms with Crippen LogP contribution in [0, 0.1) is 5.41 Å². The Bertz CT molecular complexity index is 544. The molecule has 2 atom stereocenters. The van der Waals surface area contributed by atoms with Gasteiger partial charge in [0.05, 0.1) is 5.41 Å². The predicted octanol–water partition coefficient (Wildman–Crippen LogP) is 2.13. The van der Waals surface area contributed by atoms with E-state index in [0.717, 1.165) is 24.8 Å². The lowest BCUT2D eigenvalue weighted by molar-refractivity contribution is -0.201. The number of nitrogens with zero attached hydrogens (tertiary/aromatic N) is 2. The third kappa shape index (κ3) is 2.25. The molecule has 0 aromatic heterocycles. The van der Waals surface area contributed by atoms with E-state index in [9.17, 15) is 4.79 Å². The van der Waals surface area contributed by atoms with Crippen LogP contribution in [0.2, 0.25) is 5.02 Å². The second-order valence-corrected chi connectivity index (χ2v) is 6.41. The molecule has 1 aromatic rings. The van der Waals surface area contributed by atoms with Gasteiger partial charge >= 0.3 is 0 Å². The molecule has 1 aromatic carbocycles. The maximum absolute atomic E-state index is 11.9. The van der Waals surface area contributed by atoms with Gasteiger partial charge in [0.1, 0.15) is 12.4 Å². The number of carbonyl (C=O) groups is 1. The molecule has 2 unspecified atom stereocenters. The van der Waals surface area contributed by atoms with Crippen LogP contribution in [0.5, 0.6) is 0 Å². The number of benzene rings is 1. The fourth-order valence-electron chi connectivity index (χ4n) is 3.42. The van der Waals surface area contributed by atoms with E-state index in [1.54, 1.807) is 5.06 Å². The van der Waals surface area contributed by atoms with E-state index in [1.807, 2.05) is 38.4 Å². The van der Waals surface area contributed by atoms with Gasteiger partial charge in [0, 0.05) is 12.1 Å². The van der Waals surface area contributed by atoms with Crippen molar-refractivity contribution < 1.29 is 9.63 Å². The average molecular weight is 310 g/mol. The number of halogens is 1. The quantitative estimate of drug-likeness (QED) is 0.929. The minimum Gasteiger partial charge on any atom is -0.369 e. The van der Waals surface area contributed by atoms with Gasteiger partial charge in [0.15, 0.2) is 0 Å². The van der Waals surface area contributed by atoms with E-state index in [0.29, 0.717) is 5.02 Å². The van der Waals surface area contributed by atoms with Gasteiger partial charge in [-0.3, -0.25) is 14.5 Å². The summed E-state index contributed by atoms with van der Waals surface area (Å²) in [4.78, 5) is 20.0. The molecule has 0 spiro atoms. The van der Waals surface area contributed by atoms with Crippen molar-refractivity contribution in [2.75, 3.05) is 14.1 Å². The van der Waals surface area contributed by atoms with Crippen molar-refractivity contribution in [2.24, 2.45) is 11.1 Å². The molecule has 2 fully saturated rings. The number of amides is 1. The van der Waals surface area contributed by atoms with Gasteiger partial charge < -0.3 is 5.73 Å². The smallest absolute Gasteiger partial charge is 0.227 e. The van der Waals surface area contributed by atoms with E-state index >= 15 is 0 Å². The second kappa shape index (κ2) is 5.25. The highest BCUT2D eigenvalue weighted by molar-refractivity contribution is 6.30. The van der Waals surface area contributed by atoms with E-state index in [-0.39, 0.29) is 18.3 Å². The Morgan fingerprint density at radius 1 is 1.33 bits per heavy atom. The van der Waals surface area contributed by atoms with E-state index in [1.165, 1.54) is 0 Å². The summed E-state index contributed by atoms with van der Waals surface area (Å²) in [6, 6.07) is 7.67. The van der Waals surface area contributed by atoms with Gasteiger partial charge in [-0.05, 0) is 37.6 Å². The fraction of sp³-hybridized carbons (Fsp3) is 0.533. The first-order valence-corrected chi connectivity index (χ1v) is 7.50. The van der Waals surface area contributed by atoms with Crippen molar-refractivity contribution >= 4 is 17.5 Å². The van der Waals surface area contributed by atoms with E-state index in [2.05, 4.69) is 4.90 Å². The number of hydroxylamine groups is 2. The van der Waals surface area contributed by atoms with Crippen LogP contribution in [-0.4, -0.2) is 36.2 Å². The summed E-state index contributed by atoms with van der Waals surface area (Å²) in [6.45, 7) is 0. The molecule has 114 valence electrons. The van der Waals surface area contributed by atoms with Gasteiger partial charge in [-0.25, -0.2) is 0 Å². The largest absolute Gasteiger partial charge is 0.369 e. The number of nitrogens with two attached hydrogens (primary N) is 1. The molecule has 1 aliphatic heterocycles. The Kier molecular flexibility index (Phi) is 3.69. The molecule has 3 rings (SSSR count). The molecule has 1 saturated heterocycles. The lowest BCUT2D eigenvalue weighted by atomic mass is 9.66. The number of rotatable bonds is 3. The first-order valence-electron chi connectivity index (χ1n) is 7.12. The molecule has 2 aliphatic rings. The van der Waals surface area contributed by atoms with Gasteiger partial charge in [-0.15, -0.1) is 0 Å². The second-order valence-electron chi connectivity index (χ2n) is 5.97. The highest BCUT2D eigenvalue weighted by atomic mass is 35.5. The molecule has 5 nitrogen and oxygen atoms in total. The summed E-state index contributed by atoms with van der Waals surface area (Å²) in [6.07, 6.45) is 2.24.